The van der Waals surface area contributed by atoms with Crippen LogP contribution in [0.5, 0.6) is 11.5 Å². The first kappa shape index (κ1) is 13.1. The molecular formula is C11H17ClN2O2. The molecule has 0 unspecified atom stereocenters. The van der Waals surface area contributed by atoms with Crippen LogP contribution in [0, 0.1) is 0 Å². The minimum Gasteiger partial charge on any atom is -0.486 e. The first-order valence-electron chi connectivity index (χ1n) is 5.16. The second kappa shape index (κ2) is 5.94. The maximum absolute atomic E-state index is 5.96. The highest BCUT2D eigenvalue weighted by Crippen LogP contribution is 2.32. The first-order chi connectivity index (χ1) is 7.31. The van der Waals surface area contributed by atoms with Crippen LogP contribution in [0.2, 0.25) is 0 Å². The van der Waals surface area contributed by atoms with Gasteiger partial charge in [-0.05, 0) is 30.7 Å². The molecule has 0 aromatic heterocycles. The lowest BCUT2D eigenvalue weighted by molar-refractivity contribution is 0.171. The van der Waals surface area contributed by atoms with Gasteiger partial charge in [-0.3, -0.25) is 0 Å². The lowest BCUT2D eigenvalue weighted by Crippen LogP contribution is -2.18. The van der Waals surface area contributed by atoms with Gasteiger partial charge >= 0.3 is 0 Å². The molecule has 1 aromatic rings. The number of benzene rings is 1. The van der Waals surface area contributed by atoms with Crippen molar-refractivity contribution < 1.29 is 9.47 Å². The Balaban J connectivity index is 0.00000128. The van der Waals surface area contributed by atoms with Gasteiger partial charge in [0.05, 0.1) is 0 Å². The Morgan fingerprint density at radius 2 is 1.88 bits per heavy atom. The number of rotatable bonds is 3. The van der Waals surface area contributed by atoms with Crippen molar-refractivity contribution >= 4 is 12.4 Å². The highest BCUT2D eigenvalue weighted by molar-refractivity contribution is 5.85. The van der Waals surface area contributed by atoms with Gasteiger partial charge < -0.3 is 20.9 Å². The van der Waals surface area contributed by atoms with Gasteiger partial charge in [0.25, 0.3) is 0 Å². The van der Waals surface area contributed by atoms with Gasteiger partial charge in [-0.15, -0.1) is 12.4 Å². The Morgan fingerprint density at radius 1 is 1.19 bits per heavy atom. The van der Waals surface area contributed by atoms with Gasteiger partial charge in [0, 0.05) is 6.04 Å². The zero-order valence-corrected chi connectivity index (χ0v) is 9.83. The molecular weight excluding hydrogens is 228 g/mol. The van der Waals surface area contributed by atoms with Gasteiger partial charge in [-0.2, -0.15) is 0 Å². The molecule has 0 bridgehead atoms. The van der Waals surface area contributed by atoms with Crippen LogP contribution >= 0.6 is 12.4 Å². The van der Waals surface area contributed by atoms with Crippen molar-refractivity contribution in [2.45, 2.75) is 12.5 Å². The molecule has 1 aliphatic heterocycles. The molecule has 1 aromatic carbocycles. The molecule has 0 radical (unpaired) electrons. The van der Waals surface area contributed by atoms with Crippen molar-refractivity contribution in [3.05, 3.63) is 23.8 Å². The molecule has 0 fully saturated rings. The first-order valence-corrected chi connectivity index (χ1v) is 5.16. The molecule has 0 spiro atoms. The summed E-state index contributed by atoms with van der Waals surface area (Å²) in [5.74, 6) is 1.58. The monoisotopic (exact) mass is 244 g/mol. The Morgan fingerprint density at radius 3 is 2.56 bits per heavy atom. The van der Waals surface area contributed by atoms with Crippen LogP contribution in [0.1, 0.15) is 18.0 Å². The average molecular weight is 245 g/mol. The second-order valence-electron chi connectivity index (χ2n) is 3.59. The third-order valence-corrected chi connectivity index (χ3v) is 2.47. The molecule has 0 saturated carbocycles. The van der Waals surface area contributed by atoms with E-state index in [4.69, 9.17) is 20.9 Å². The van der Waals surface area contributed by atoms with E-state index in [1.165, 1.54) is 0 Å². The van der Waals surface area contributed by atoms with Gasteiger partial charge in [0.1, 0.15) is 13.2 Å². The van der Waals surface area contributed by atoms with Crippen molar-refractivity contribution in [2.75, 3.05) is 19.8 Å². The van der Waals surface area contributed by atoms with E-state index in [-0.39, 0.29) is 18.4 Å². The highest BCUT2D eigenvalue weighted by Gasteiger charge is 2.14. The molecule has 1 atom stereocenters. The molecule has 5 heteroatoms. The molecule has 90 valence electrons. The number of ether oxygens (including phenoxy) is 2. The summed E-state index contributed by atoms with van der Waals surface area (Å²) in [6.07, 6.45) is 0.777. The Bertz CT molecular complexity index is 347. The number of hydrogen-bond acceptors (Lipinski definition) is 4. The van der Waals surface area contributed by atoms with Gasteiger partial charge in [-0.25, -0.2) is 0 Å². The predicted molar refractivity (Wildman–Crippen MR) is 65.3 cm³/mol. The van der Waals surface area contributed by atoms with Crippen molar-refractivity contribution in [1.82, 2.24) is 0 Å². The van der Waals surface area contributed by atoms with Crippen LogP contribution in [0.25, 0.3) is 0 Å². The van der Waals surface area contributed by atoms with E-state index < -0.39 is 0 Å². The normalized spacial score (nSPS) is 15.1. The quantitative estimate of drug-likeness (QED) is 0.839. The summed E-state index contributed by atoms with van der Waals surface area (Å²) < 4.78 is 10.9. The summed E-state index contributed by atoms with van der Waals surface area (Å²) in [6.45, 7) is 1.80. The van der Waals surface area contributed by atoms with Crippen molar-refractivity contribution in [1.29, 1.82) is 0 Å². The van der Waals surface area contributed by atoms with E-state index in [1.807, 2.05) is 18.2 Å². The van der Waals surface area contributed by atoms with Crippen LogP contribution in [-0.4, -0.2) is 19.8 Å². The predicted octanol–water partition coefficient (Wildman–Crippen LogP) is 1.23. The molecule has 0 amide bonds. The SMILES string of the molecule is Cl.NCC[C@@H](N)c1ccc2c(c1)OCCO2. The van der Waals surface area contributed by atoms with Crippen LogP contribution in [0.4, 0.5) is 0 Å². The summed E-state index contributed by atoms with van der Waals surface area (Å²) in [5.41, 5.74) is 12.5. The van der Waals surface area contributed by atoms with Crippen LogP contribution in [0.15, 0.2) is 18.2 Å². The van der Waals surface area contributed by atoms with E-state index in [9.17, 15) is 0 Å². The Labute approximate surface area is 101 Å². The third kappa shape index (κ3) is 2.78. The fourth-order valence-electron chi connectivity index (χ4n) is 1.64. The second-order valence-corrected chi connectivity index (χ2v) is 3.59. The number of fused-ring (bicyclic) bond motifs is 1. The minimum absolute atomic E-state index is 0. The average Bonchev–Trinajstić information content (AvgIpc) is 2.29. The summed E-state index contributed by atoms with van der Waals surface area (Å²) in [5, 5.41) is 0. The van der Waals surface area contributed by atoms with Crippen molar-refractivity contribution in [3.8, 4) is 11.5 Å². The van der Waals surface area contributed by atoms with Crippen LogP contribution in [0.3, 0.4) is 0 Å². The molecule has 1 aliphatic rings. The van der Waals surface area contributed by atoms with E-state index in [1.54, 1.807) is 0 Å². The largest absolute Gasteiger partial charge is 0.486 e. The van der Waals surface area contributed by atoms with E-state index in [0.29, 0.717) is 19.8 Å². The summed E-state index contributed by atoms with van der Waals surface area (Å²) in [6, 6.07) is 5.79. The van der Waals surface area contributed by atoms with E-state index in [0.717, 1.165) is 23.5 Å². The number of nitrogens with two attached hydrogens (primary N) is 2. The zero-order valence-electron chi connectivity index (χ0n) is 9.02. The fraction of sp³-hybridized carbons (Fsp3) is 0.455. The van der Waals surface area contributed by atoms with Crippen molar-refractivity contribution in [2.24, 2.45) is 11.5 Å². The zero-order chi connectivity index (χ0) is 10.7. The third-order valence-electron chi connectivity index (χ3n) is 2.47. The maximum Gasteiger partial charge on any atom is 0.161 e. The number of halogens is 1. The molecule has 16 heavy (non-hydrogen) atoms. The van der Waals surface area contributed by atoms with Gasteiger partial charge in [-0.1, -0.05) is 6.07 Å². The van der Waals surface area contributed by atoms with Crippen LogP contribution in [-0.2, 0) is 0 Å². The van der Waals surface area contributed by atoms with Gasteiger partial charge in [0.15, 0.2) is 11.5 Å². The molecule has 0 aliphatic carbocycles. The number of hydrogen-bond donors (Lipinski definition) is 2. The highest BCUT2D eigenvalue weighted by atomic mass is 35.5. The van der Waals surface area contributed by atoms with Crippen molar-refractivity contribution in [3.63, 3.8) is 0 Å². The summed E-state index contributed by atoms with van der Waals surface area (Å²) >= 11 is 0. The summed E-state index contributed by atoms with van der Waals surface area (Å²) in [7, 11) is 0. The van der Waals surface area contributed by atoms with E-state index in [2.05, 4.69) is 0 Å². The summed E-state index contributed by atoms with van der Waals surface area (Å²) in [4.78, 5) is 0. The lowest BCUT2D eigenvalue weighted by atomic mass is 10.0. The minimum atomic E-state index is -0.0224. The Hall–Kier alpha value is -0.970. The molecule has 1 heterocycles. The Kier molecular flexibility index (Phi) is 4.86. The smallest absolute Gasteiger partial charge is 0.161 e. The van der Waals surface area contributed by atoms with Gasteiger partial charge in [0.2, 0.25) is 0 Å². The molecule has 4 nitrogen and oxygen atoms in total. The van der Waals surface area contributed by atoms with Crippen LogP contribution < -0.4 is 20.9 Å². The maximum atomic E-state index is 5.96. The lowest BCUT2D eigenvalue weighted by Gasteiger charge is -2.20. The fourth-order valence-corrected chi connectivity index (χ4v) is 1.64. The molecule has 0 saturated heterocycles. The standard InChI is InChI=1S/C11H16N2O2.ClH/c12-4-3-9(13)8-1-2-10-11(7-8)15-6-5-14-10;/h1-2,7,9H,3-6,12-13H2;1H/t9-;/m1./s1. The topological polar surface area (TPSA) is 70.5 Å². The molecule has 2 rings (SSSR count). The molecule has 4 N–H and O–H groups in total. The van der Waals surface area contributed by atoms with E-state index >= 15 is 0 Å².